The van der Waals surface area contributed by atoms with Gasteiger partial charge in [-0.05, 0) is 25.0 Å². The molecular weight excluding hydrogens is 296 g/mol. The lowest BCUT2D eigenvalue weighted by Gasteiger charge is -2.15. The number of nitro groups is 1. The predicted molar refractivity (Wildman–Crippen MR) is 87.9 cm³/mol. The van der Waals surface area contributed by atoms with E-state index < -0.39 is 4.92 Å². The summed E-state index contributed by atoms with van der Waals surface area (Å²) in [5, 5.41) is 27.7. The van der Waals surface area contributed by atoms with Gasteiger partial charge in [-0.2, -0.15) is 5.10 Å². The molecule has 0 bridgehead atoms. The first-order chi connectivity index (χ1) is 11.0. The molecule has 1 aromatic heterocycles. The van der Waals surface area contributed by atoms with E-state index in [1.165, 1.54) is 12.1 Å². The third-order valence-electron chi connectivity index (χ3n) is 3.81. The van der Waals surface area contributed by atoms with Crippen molar-refractivity contribution in [2.24, 2.45) is 7.05 Å². The minimum absolute atomic E-state index is 0.0679. The summed E-state index contributed by atoms with van der Waals surface area (Å²) in [4.78, 5) is 10.3. The van der Waals surface area contributed by atoms with E-state index in [-0.39, 0.29) is 18.3 Å². The Labute approximate surface area is 135 Å². The van der Waals surface area contributed by atoms with Crippen molar-refractivity contribution in [1.29, 1.82) is 0 Å². The second kappa shape index (κ2) is 7.85. The van der Waals surface area contributed by atoms with Crippen molar-refractivity contribution in [3.05, 3.63) is 46.1 Å². The van der Waals surface area contributed by atoms with Crippen molar-refractivity contribution in [2.75, 3.05) is 6.61 Å². The van der Waals surface area contributed by atoms with E-state index >= 15 is 0 Å². The predicted octanol–water partition coefficient (Wildman–Crippen LogP) is 2.25. The third-order valence-corrected chi connectivity index (χ3v) is 3.81. The molecular formula is C16H22N4O3. The number of nitrogens with zero attached hydrogens (tertiary/aromatic N) is 3. The third kappa shape index (κ3) is 4.37. The number of hydrogen-bond donors (Lipinski definition) is 2. The molecule has 0 saturated carbocycles. The van der Waals surface area contributed by atoms with Crippen LogP contribution >= 0.6 is 0 Å². The second-order valence-corrected chi connectivity index (χ2v) is 5.48. The zero-order valence-electron chi connectivity index (χ0n) is 13.4. The van der Waals surface area contributed by atoms with E-state index in [1.807, 2.05) is 13.2 Å². The van der Waals surface area contributed by atoms with Gasteiger partial charge in [0, 0.05) is 55.7 Å². The van der Waals surface area contributed by atoms with Crippen LogP contribution in [-0.2, 0) is 13.6 Å². The number of nitrogens with one attached hydrogen (secondary N) is 1. The zero-order chi connectivity index (χ0) is 16.8. The highest BCUT2D eigenvalue weighted by Gasteiger charge is 2.13. The molecule has 2 N–H and O–H groups in total. The van der Waals surface area contributed by atoms with Crippen LogP contribution in [0, 0.1) is 10.1 Å². The van der Waals surface area contributed by atoms with Crippen molar-refractivity contribution < 1.29 is 10.0 Å². The Morgan fingerprint density at radius 3 is 2.65 bits per heavy atom. The van der Waals surface area contributed by atoms with Crippen molar-refractivity contribution in [1.82, 2.24) is 15.1 Å². The van der Waals surface area contributed by atoms with Gasteiger partial charge in [-0.3, -0.25) is 14.8 Å². The first-order valence-corrected chi connectivity index (χ1v) is 7.66. The van der Waals surface area contributed by atoms with Gasteiger partial charge in [0.15, 0.2) is 0 Å². The van der Waals surface area contributed by atoms with Gasteiger partial charge in [0.1, 0.15) is 0 Å². The molecule has 0 aliphatic rings. The first-order valence-electron chi connectivity index (χ1n) is 7.66. The topological polar surface area (TPSA) is 93.2 Å². The lowest BCUT2D eigenvalue weighted by molar-refractivity contribution is -0.384. The highest BCUT2D eigenvalue weighted by molar-refractivity contribution is 5.64. The maximum absolute atomic E-state index is 10.7. The molecule has 124 valence electrons. The summed E-state index contributed by atoms with van der Waals surface area (Å²) in [6.45, 7) is 2.88. The zero-order valence-corrected chi connectivity index (χ0v) is 13.4. The highest BCUT2D eigenvalue weighted by Crippen LogP contribution is 2.24. The van der Waals surface area contributed by atoms with Crippen LogP contribution in [0.25, 0.3) is 11.3 Å². The van der Waals surface area contributed by atoms with Crippen LogP contribution in [0.1, 0.15) is 25.3 Å². The first kappa shape index (κ1) is 17.1. The van der Waals surface area contributed by atoms with Crippen LogP contribution in [-0.4, -0.2) is 32.5 Å². The van der Waals surface area contributed by atoms with Crippen LogP contribution in [0.5, 0.6) is 0 Å². The molecule has 0 aliphatic carbocycles. The summed E-state index contributed by atoms with van der Waals surface area (Å²) < 4.78 is 1.74. The standard InChI is InChI=1S/C16H22N4O3/c1-3-14(8-9-21)17-10-13-11-19(2)18-16(13)12-4-6-15(7-5-12)20(22)23/h4-7,11,14,17,21H,3,8-10H2,1-2H3. The number of rotatable bonds is 8. The van der Waals surface area contributed by atoms with E-state index in [0.717, 1.165) is 23.2 Å². The summed E-state index contributed by atoms with van der Waals surface area (Å²) in [6, 6.07) is 6.66. The number of nitro benzene ring substituents is 1. The van der Waals surface area contributed by atoms with Gasteiger partial charge in [0.25, 0.3) is 5.69 Å². The monoisotopic (exact) mass is 318 g/mol. The van der Waals surface area contributed by atoms with E-state index in [1.54, 1.807) is 16.8 Å². The molecule has 2 aromatic rings. The highest BCUT2D eigenvalue weighted by atomic mass is 16.6. The lowest BCUT2D eigenvalue weighted by Crippen LogP contribution is -2.28. The van der Waals surface area contributed by atoms with Gasteiger partial charge < -0.3 is 10.4 Å². The molecule has 1 heterocycles. The van der Waals surface area contributed by atoms with Gasteiger partial charge in [-0.1, -0.05) is 6.92 Å². The number of aryl methyl sites for hydroxylation is 1. The van der Waals surface area contributed by atoms with Gasteiger partial charge in [-0.25, -0.2) is 0 Å². The van der Waals surface area contributed by atoms with Crippen molar-refractivity contribution in [3.63, 3.8) is 0 Å². The number of aromatic nitrogens is 2. The molecule has 0 aliphatic heterocycles. The lowest BCUT2D eigenvalue weighted by atomic mass is 10.1. The Morgan fingerprint density at radius 1 is 1.39 bits per heavy atom. The number of benzene rings is 1. The fourth-order valence-corrected chi connectivity index (χ4v) is 2.51. The number of hydrogen-bond acceptors (Lipinski definition) is 5. The van der Waals surface area contributed by atoms with E-state index in [0.29, 0.717) is 13.0 Å². The van der Waals surface area contributed by atoms with Crippen LogP contribution < -0.4 is 5.32 Å². The molecule has 23 heavy (non-hydrogen) atoms. The number of aliphatic hydroxyl groups excluding tert-OH is 1. The molecule has 7 nitrogen and oxygen atoms in total. The van der Waals surface area contributed by atoms with Crippen LogP contribution in [0.3, 0.4) is 0 Å². The largest absolute Gasteiger partial charge is 0.396 e. The maximum Gasteiger partial charge on any atom is 0.269 e. The molecule has 7 heteroatoms. The van der Waals surface area contributed by atoms with Crippen LogP contribution in [0.2, 0.25) is 0 Å². The molecule has 1 aromatic carbocycles. The average Bonchev–Trinajstić information content (AvgIpc) is 2.92. The summed E-state index contributed by atoms with van der Waals surface area (Å²) in [7, 11) is 1.85. The maximum atomic E-state index is 10.7. The fourth-order valence-electron chi connectivity index (χ4n) is 2.51. The SMILES string of the molecule is CCC(CCO)NCc1cn(C)nc1-c1ccc([N+](=O)[O-])cc1. The van der Waals surface area contributed by atoms with Gasteiger partial charge in [0.2, 0.25) is 0 Å². The Bertz CT molecular complexity index is 652. The Hall–Kier alpha value is -2.25. The summed E-state index contributed by atoms with van der Waals surface area (Å²) in [5.74, 6) is 0. The van der Waals surface area contributed by atoms with E-state index in [9.17, 15) is 10.1 Å². The molecule has 0 saturated heterocycles. The Kier molecular flexibility index (Phi) is 5.84. The minimum atomic E-state index is -0.411. The van der Waals surface area contributed by atoms with Crippen LogP contribution in [0.15, 0.2) is 30.5 Å². The van der Waals surface area contributed by atoms with Crippen molar-refractivity contribution in [2.45, 2.75) is 32.4 Å². The van der Waals surface area contributed by atoms with E-state index in [4.69, 9.17) is 5.11 Å². The number of aliphatic hydroxyl groups is 1. The molecule has 0 amide bonds. The molecule has 1 atom stereocenters. The minimum Gasteiger partial charge on any atom is -0.396 e. The van der Waals surface area contributed by atoms with Crippen LogP contribution in [0.4, 0.5) is 5.69 Å². The summed E-state index contributed by atoms with van der Waals surface area (Å²) >= 11 is 0. The second-order valence-electron chi connectivity index (χ2n) is 5.48. The number of non-ortho nitro benzene ring substituents is 1. The Balaban J connectivity index is 2.18. The van der Waals surface area contributed by atoms with Gasteiger partial charge >= 0.3 is 0 Å². The van der Waals surface area contributed by atoms with Crippen molar-refractivity contribution >= 4 is 5.69 Å². The fraction of sp³-hybridized carbons (Fsp3) is 0.438. The van der Waals surface area contributed by atoms with Crippen molar-refractivity contribution in [3.8, 4) is 11.3 Å². The molecule has 2 rings (SSSR count). The molecule has 1 unspecified atom stereocenters. The van der Waals surface area contributed by atoms with Gasteiger partial charge in [0.05, 0.1) is 10.6 Å². The molecule has 0 radical (unpaired) electrons. The smallest absolute Gasteiger partial charge is 0.269 e. The van der Waals surface area contributed by atoms with Gasteiger partial charge in [-0.15, -0.1) is 0 Å². The molecule has 0 fully saturated rings. The van der Waals surface area contributed by atoms with E-state index in [2.05, 4.69) is 17.3 Å². The average molecular weight is 318 g/mol. The summed E-state index contributed by atoms with van der Waals surface area (Å²) in [5.41, 5.74) is 2.76. The quantitative estimate of drug-likeness (QED) is 0.575. The molecule has 0 spiro atoms. The Morgan fingerprint density at radius 2 is 2.09 bits per heavy atom. The normalized spacial score (nSPS) is 12.3. The summed E-state index contributed by atoms with van der Waals surface area (Å²) in [6.07, 6.45) is 3.59.